The third-order valence-electron chi connectivity index (χ3n) is 2.77. The molecule has 0 unspecified atom stereocenters. The average molecular weight is 428 g/mol. The molecular weight excluding hydrogens is 422 g/mol. The van der Waals surface area contributed by atoms with Crippen molar-refractivity contribution in [3.05, 3.63) is 27.7 Å². The number of alkyl halides is 7. The summed E-state index contributed by atoms with van der Waals surface area (Å²) in [6.45, 7) is 0. The molecule has 0 fully saturated rings. The van der Waals surface area contributed by atoms with E-state index < -0.39 is 39.3 Å². The van der Waals surface area contributed by atoms with Crippen molar-refractivity contribution in [3.63, 3.8) is 0 Å². The maximum absolute atomic E-state index is 14.0. The van der Waals surface area contributed by atoms with Crippen LogP contribution in [0.5, 0.6) is 0 Å². The first-order valence-electron chi connectivity index (χ1n) is 5.89. The summed E-state index contributed by atoms with van der Waals surface area (Å²) in [5.74, 6) is 0. The van der Waals surface area contributed by atoms with Gasteiger partial charge >= 0.3 is 18.0 Å². The predicted molar refractivity (Wildman–Crippen MR) is 80.7 cm³/mol. The van der Waals surface area contributed by atoms with Gasteiger partial charge in [0.15, 0.2) is 11.4 Å². The molecule has 0 saturated heterocycles. The molecule has 1 N–H and O–H groups in total. The first-order valence-corrected chi connectivity index (χ1v) is 7.87. The molecule has 3 nitrogen and oxygen atoms in total. The van der Waals surface area contributed by atoms with E-state index in [9.17, 15) is 30.7 Å². The molecule has 0 heterocycles. The molecule has 0 bridgehead atoms. The number of amidine groups is 1. The summed E-state index contributed by atoms with van der Waals surface area (Å²) in [5, 5.41) is 8.98. The van der Waals surface area contributed by atoms with E-state index in [2.05, 4.69) is 10.3 Å². The molecule has 0 spiro atoms. The summed E-state index contributed by atoms with van der Waals surface area (Å²) in [6.07, 6.45) is -9.61. The summed E-state index contributed by atoms with van der Waals surface area (Å²) in [7, 11) is 0. The zero-order chi connectivity index (χ0) is 19.6. The first kappa shape index (κ1) is 21.7. The Labute approximate surface area is 150 Å². The molecule has 13 heteroatoms. The van der Waals surface area contributed by atoms with Gasteiger partial charge in [-0.2, -0.15) is 31.6 Å². The van der Waals surface area contributed by atoms with E-state index in [0.29, 0.717) is 0 Å². The van der Waals surface area contributed by atoms with Crippen LogP contribution in [-0.4, -0.2) is 23.8 Å². The Balaban J connectivity index is 3.61. The lowest BCUT2D eigenvalue weighted by Gasteiger charge is -2.30. The maximum Gasteiger partial charge on any atom is 0.435 e. The monoisotopic (exact) mass is 427 g/mol. The molecule has 0 aliphatic rings. The number of nitrogens with zero attached hydrogens (tertiary/aromatic N) is 2. The van der Waals surface area contributed by atoms with Crippen LogP contribution in [0, 0.1) is 11.5 Å². The van der Waals surface area contributed by atoms with Crippen molar-refractivity contribution in [2.24, 2.45) is 4.99 Å². The van der Waals surface area contributed by atoms with Crippen molar-refractivity contribution in [2.75, 3.05) is 6.26 Å². The molecule has 138 valence electrons. The minimum absolute atomic E-state index is 0.0859. The fourth-order valence-corrected chi connectivity index (χ4v) is 2.54. The number of hydrogen-bond acceptors (Lipinski definition) is 3. The van der Waals surface area contributed by atoms with Crippen molar-refractivity contribution < 1.29 is 30.7 Å². The SMILES string of the molecule is CSC(=Nc1c(Cl)cc(C(F)(C(F)(F)F)C(F)(F)F)cc1Cl)NC#N. The lowest BCUT2D eigenvalue weighted by Crippen LogP contribution is -2.50. The van der Waals surface area contributed by atoms with E-state index >= 15 is 0 Å². The third-order valence-corrected chi connectivity index (χ3v) is 3.92. The number of nitrogens with one attached hydrogen (secondary N) is 1. The molecule has 0 radical (unpaired) electrons. The molecule has 0 aromatic heterocycles. The van der Waals surface area contributed by atoms with Crippen LogP contribution in [0.4, 0.5) is 36.4 Å². The van der Waals surface area contributed by atoms with Crippen LogP contribution in [0.2, 0.25) is 10.0 Å². The Morgan fingerprint density at radius 3 is 1.84 bits per heavy atom. The average Bonchev–Trinajstić information content (AvgIpc) is 2.46. The normalized spacial score (nSPS) is 13.6. The van der Waals surface area contributed by atoms with Crippen molar-refractivity contribution in [1.82, 2.24) is 5.32 Å². The van der Waals surface area contributed by atoms with Gasteiger partial charge in [0.05, 0.1) is 10.0 Å². The molecule has 0 saturated carbocycles. The lowest BCUT2D eigenvalue weighted by atomic mass is 9.94. The van der Waals surface area contributed by atoms with Gasteiger partial charge in [-0.3, -0.25) is 5.32 Å². The molecule has 0 aliphatic heterocycles. The highest BCUT2D eigenvalue weighted by atomic mass is 35.5. The van der Waals surface area contributed by atoms with E-state index in [1.807, 2.05) is 0 Å². The molecule has 1 rings (SSSR count). The smallest absolute Gasteiger partial charge is 0.271 e. The topological polar surface area (TPSA) is 48.2 Å². The second-order valence-corrected chi connectivity index (χ2v) is 5.91. The van der Waals surface area contributed by atoms with E-state index in [4.69, 9.17) is 28.5 Å². The van der Waals surface area contributed by atoms with Gasteiger partial charge in [0, 0.05) is 5.56 Å². The van der Waals surface area contributed by atoms with Gasteiger partial charge < -0.3 is 0 Å². The van der Waals surface area contributed by atoms with E-state index in [-0.39, 0.29) is 17.3 Å². The molecule has 1 aromatic rings. The summed E-state index contributed by atoms with van der Waals surface area (Å²) >= 11 is 12.1. The van der Waals surface area contributed by atoms with Crippen molar-refractivity contribution in [3.8, 4) is 6.19 Å². The maximum atomic E-state index is 14.0. The van der Waals surface area contributed by atoms with Gasteiger partial charge in [0.25, 0.3) is 0 Å². The summed E-state index contributed by atoms with van der Waals surface area (Å²) < 4.78 is 90.6. The second kappa shape index (κ2) is 7.47. The van der Waals surface area contributed by atoms with E-state index in [0.717, 1.165) is 11.8 Å². The predicted octanol–water partition coefficient (Wildman–Crippen LogP) is 5.70. The van der Waals surface area contributed by atoms with Crippen molar-refractivity contribution in [1.29, 1.82) is 5.26 Å². The molecule has 0 atom stereocenters. The number of benzene rings is 1. The highest BCUT2D eigenvalue weighted by molar-refractivity contribution is 8.13. The second-order valence-electron chi connectivity index (χ2n) is 4.30. The number of halogens is 9. The molecule has 0 amide bonds. The highest BCUT2D eigenvalue weighted by Crippen LogP contribution is 2.54. The van der Waals surface area contributed by atoms with Crippen LogP contribution in [-0.2, 0) is 5.67 Å². The number of aliphatic imine (C=N–C) groups is 1. The van der Waals surface area contributed by atoms with Crippen molar-refractivity contribution in [2.45, 2.75) is 18.0 Å². The van der Waals surface area contributed by atoms with Gasteiger partial charge in [-0.05, 0) is 18.4 Å². The molecule has 1 aromatic carbocycles. The van der Waals surface area contributed by atoms with Gasteiger partial charge in [-0.25, -0.2) is 9.38 Å². The van der Waals surface area contributed by atoms with E-state index in [1.165, 1.54) is 12.4 Å². The standard InChI is InChI=1S/C12H6Cl2F7N3S/c1-25-9(23-4-22)24-8-6(13)2-5(3-7(8)14)10(15,11(16,17)18)12(19,20)21/h2-3H,1H3,(H,23,24). The van der Waals surface area contributed by atoms with Crippen molar-refractivity contribution >= 4 is 45.8 Å². The van der Waals surface area contributed by atoms with Gasteiger partial charge in [0.1, 0.15) is 5.69 Å². The van der Waals surface area contributed by atoms with Crippen LogP contribution in [0.3, 0.4) is 0 Å². The Morgan fingerprint density at radius 1 is 1.08 bits per heavy atom. The van der Waals surface area contributed by atoms with Gasteiger partial charge in [-0.15, -0.1) is 0 Å². The number of nitriles is 1. The van der Waals surface area contributed by atoms with Crippen LogP contribution in [0.25, 0.3) is 0 Å². The number of thioether (sulfide) groups is 1. The van der Waals surface area contributed by atoms with Crippen LogP contribution in [0.1, 0.15) is 5.56 Å². The fraction of sp³-hybridized carbons (Fsp3) is 0.333. The minimum atomic E-state index is -6.30. The van der Waals surface area contributed by atoms with Gasteiger partial charge in [-0.1, -0.05) is 35.0 Å². The fourth-order valence-electron chi connectivity index (χ4n) is 1.63. The quantitative estimate of drug-likeness (QED) is 0.216. The zero-order valence-electron chi connectivity index (χ0n) is 11.9. The van der Waals surface area contributed by atoms with E-state index in [1.54, 1.807) is 0 Å². The molecule has 0 aliphatic carbocycles. The highest BCUT2D eigenvalue weighted by Gasteiger charge is 2.73. The summed E-state index contributed by atoms with van der Waals surface area (Å²) in [4.78, 5) is 3.71. The number of hydrogen-bond donors (Lipinski definition) is 1. The molecule has 25 heavy (non-hydrogen) atoms. The minimum Gasteiger partial charge on any atom is -0.271 e. The zero-order valence-corrected chi connectivity index (χ0v) is 14.2. The molecular formula is C12H6Cl2F7N3S. The summed E-state index contributed by atoms with van der Waals surface area (Å²) in [6, 6.07) is 0.273. The third kappa shape index (κ3) is 4.24. The van der Waals surface area contributed by atoms with Crippen LogP contribution >= 0.6 is 35.0 Å². The Bertz CT molecular complexity index is 688. The summed E-state index contributed by atoms with van der Waals surface area (Å²) in [5.41, 5.74) is -7.92. The largest absolute Gasteiger partial charge is 0.435 e. The lowest BCUT2D eigenvalue weighted by molar-refractivity contribution is -0.348. The Kier molecular flexibility index (Phi) is 6.47. The van der Waals surface area contributed by atoms with Gasteiger partial charge in [0.2, 0.25) is 0 Å². The van der Waals surface area contributed by atoms with Crippen LogP contribution < -0.4 is 5.32 Å². The van der Waals surface area contributed by atoms with Crippen LogP contribution in [0.15, 0.2) is 17.1 Å². The Morgan fingerprint density at radius 2 is 1.52 bits per heavy atom. The number of rotatable bonds is 2. The Hall–Kier alpha value is -1.38. The first-order chi connectivity index (χ1) is 11.3.